The van der Waals surface area contributed by atoms with Crippen LogP contribution >= 0.6 is 0 Å². The van der Waals surface area contributed by atoms with Gasteiger partial charge in [0.25, 0.3) is 0 Å². The Kier molecular flexibility index (Phi) is 3.90. The van der Waals surface area contributed by atoms with Crippen molar-refractivity contribution in [3.63, 3.8) is 0 Å². The predicted molar refractivity (Wildman–Crippen MR) is 69.9 cm³/mol. The first-order valence-electron chi connectivity index (χ1n) is 5.85. The lowest BCUT2D eigenvalue weighted by Crippen LogP contribution is -2.15. The standard InChI is InChI=1S/C15H13F2NO/c1-10-8-13(17)6-7-14(10)18-15(19)9-11-2-4-12(16)5-3-11/h2-8H,9H2,1H3,(H,18,19). The Bertz CT molecular complexity index is 594. The summed E-state index contributed by atoms with van der Waals surface area (Å²) >= 11 is 0. The normalized spacial score (nSPS) is 10.3. The van der Waals surface area contributed by atoms with Crippen molar-refractivity contribution >= 4 is 11.6 Å². The summed E-state index contributed by atoms with van der Waals surface area (Å²) < 4.78 is 25.6. The molecule has 19 heavy (non-hydrogen) atoms. The third-order valence-electron chi connectivity index (χ3n) is 2.74. The van der Waals surface area contributed by atoms with Crippen LogP contribution in [0.15, 0.2) is 42.5 Å². The highest BCUT2D eigenvalue weighted by Crippen LogP contribution is 2.16. The summed E-state index contributed by atoms with van der Waals surface area (Å²) in [5, 5.41) is 2.70. The number of hydrogen-bond donors (Lipinski definition) is 1. The van der Waals surface area contributed by atoms with E-state index in [1.807, 2.05) is 0 Å². The second-order valence-electron chi connectivity index (χ2n) is 4.31. The average Bonchev–Trinajstić information content (AvgIpc) is 2.36. The minimum absolute atomic E-state index is 0.150. The van der Waals surface area contributed by atoms with Gasteiger partial charge in [-0.15, -0.1) is 0 Å². The molecule has 2 aromatic carbocycles. The minimum Gasteiger partial charge on any atom is -0.326 e. The molecule has 2 nitrogen and oxygen atoms in total. The van der Waals surface area contributed by atoms with Gasteiger partial charge in [-0.1, -0.05) is 12.1 Å². The Morgan fingerprint density at radius 3 is 2.32 bits per heavy atom. The van der Waals surface area contributed by atoms with Gasteiger partial charge in [-0.05, 0) is 48.4 Å². The second kappa shape index (κ2) is 5.61. The van der Waals surface area contributed by atoms with Gasteiger partial charge in [0.1, 0.15) is 11.6 Å². The van der Waals surface area contributed by atoms with Crippen LogP contribution in [-0.4, -0.2) is 5.91 Å². The Hall–Kier alpha value is -2.23. The van der Waals surface area contributed by atoms with Crippen LogP contribution in [0.3, 0.4) is 0 Å². The van der Waals surface area contributed by atoms with Crippen molar-refractivity contribution in [3.8, 4) is 0 Å². The molecule has 0 aliphatic rings. The Labute approximate surface area is 110 Å². The predicted octanol–water partition coefficient (Wildman–Crippen LogP) is 3.45. The van der Waals surface area contributed by atoms with Gasteiger partial charge >= 0.3 is 0 Å². The number of nitrogens with one attached hydrogen (secondary N) is 1. The Balaban J connectivity index is 2.03. The fraction of sp³-hybridized carbons (Fsp3) is 0.133. The van der Waals surface area contributed by atoms with Crippen LogP contribution in [0.25, 0.3) is 0 Å². The largest absolute Gasteiger partial charge is 0.326 e. The Morgan fingerprint density at radius 2 is 1.68 bits per heavy atom. The molecule has 4 heteroatoms. The van der Waals surface area contributed by atoms with Crippen LogP contribution in [0, 0.1) is 18.6 Å². The summed E-state index contributed by atoms with van der Waals surface area (Å²) in [6.07, 6.45) is 0.150. The number of halogens is 2. The molecule has 0 aliphatic carbocycles. The van der Waals surface area contributed by atoms with Crippen molar-refractivity contribution in [3.05, 3.63) is 65.2 Å². The average molecular weight is 261 g/mol. The van der Waals surface area contributed by atoms with Crippen LogP contribution in [0.2, 0.25) is 0 Å². The molecule has 1 N–H and O–H groups in total. The molecular formula is C15H13F2NO. The van der Waals surface area contributed by atoms with Crippen LogP contribution in [-0.2, 0) is 11.2 Å². The van der Waals surface area contributed by atoms with E-state index in [1.165, 1.54) is 30.3 Å². The van der Waals surface area contributed by atoms with E-state index in [-0.39, 0.29) is 24.0 Å². The summed E-state index contributed by atoms with van der Waals surface area (Å²) in [6, 6.07) is 9.91. The lowest BCUT2D eigenvalue weighted by molar-refractivity contribution is -0.115. The zero-order valence-corrected chi connectivity index (χ0v) is 10.4. The van der Waals surface area contributed by atoms with Crippen molar-refractivity contribution in [1.82, 2.24) is 0 Å². The molecular weight excluding hydrogens is 248 g/mol. The van der Waals surface area contributed by atoms with Gasteiger partial charge in [0.05, 0.1) is 6.42 Å². The summed E-state index contributed by atoms with van der Waals surface area (Å²) in [5.74, 6) is -0.895. The first-order valence-corrected chi connectivity index (χ1v) is 5.85. The van der Waals surface area contributed by atoms with Gasteiger partial charge in [-0.3, -0.25) is 4.79 Å². The number of anilines is 1. The van der Waals surface area contributed by atoms with E-state index < -0.39 is 0 Å². The van der Waals surface area contributed by atoms with Crippen molar-refractivity contribution in [1.29, 1.82) is 0 Å². The number of aryl methyl sites for hydroxylation is 1. The minimum atomic E-state index is -0.339. The molecule has 0 radical (unpaired) electrons. The van der Waals surface area contributed by atoms with Gasteiger partial charge in [0, 0.05) is 5.69 Å². The zero-order valence-electron chi connectivity index (χ0n) is 10.4. The molecule has 0 unspecified atom stereocenters. The topological polar surface area (TPSA) is 29.1 Å². The zero-order chi connectivity index (χ0) is 13.8. The maximum atomic E-state index is 12.9. The highest BCUT2D eigenvalue weighted by atomic mass is 19.1. The molecule has 0 saturated heterocycles. The van der Waals surface area contributed by atoms with Gasteiger partial charge in [-0.25, -0.2) is 8.78 Å². The first-order chi connectivity index (χ1) is 9.04. The number of hydrogen-bond acceptors (Lipinski definition) is 1. The highest BCUT2D eigenvalue weighted by Gasteiger charge is 2.06. The third-order valence-corrected chi connectivity index (χ3v) is 2.74. The van der Waals surface area contributed by atoms with E-state index in [1.54, 1.807) is 19.1 Å². The van der Waals surface area contributed by atoms with E-state index >= 15 is 0 Å². The molecule has 1 amide bonds. The molecule has 0 spiro atoms. The van der Waals surface area contributed by atoms with E-state index in [9.17, 15) is 13.6 Å². The van der Waals surface area contributed by atoms with E-state index in [0.29, 0.717) is 11.3 Å². The number of benzene rings is 2. The lowest BCUT2D eigenvalue weighted by atomic mass is 10.1. The van der Waals surface area contributed by atoms with Gasteiger partial charge in [0.2, 0.25) is 5.91 Å². The molecule has 0 fully saturated rings. The smallest absolute Gasteiger partial charge is 0.228 e. The number of carbonyl (C=O) groups is 1. The summed E-state index contributed by atoms with van der Waals surface area (Å²) in [4.78, 5) is 11.8. The van der Waals surface area contributed by atoms with Crippen LogP contribution in [0.4, 0.5) is 14.5 Å². The monoisotopic (exact) mass is 261 g/mol. The molecule has 0 heterocycles. The molecule has 0 saturated carbocycles. The molecule has 98 valence electrons. The van der Waals surface area contributed by atoms with E-state index in [2.05, 4.69) is 5.32 Å². The Morgan fingerprint density at radius 1 is 1.05 bits per heavy atom. The first kappa shape index (κ1) is 13.2. The maximum Gasteiger partial charge on any atom is 0.228 e. The SMILES string of the molecule is Cc1cc(F)ccc1NC(=O)Cc1ccc(F)cc1. The quantitative estimate of drug-likeness (QED) is 0.900. The van der Waals surface area contributed by atoms with Crippen LogP contribution < -0.4 is 5.32 Å². The van der Waals surface area contributed by atoms with Gasteiger partial charge in [-0.2, -0.15) is 0 Å². The highest BCUT2D eigenvalue weighted by molar-refractivity contribution is 5.92. The number of rotatable bonds is 3. The summed E-state index contributed by atoms with van der Waals surface area (Å²) in [6.45, 7) is 1.72. The molecule has 2 rings (SSSR count). The summed E-state index contributed by atoms with van der Waals surface area (Å²) in [7, 11) is 0. The van der Waals surface area contributed by atoms with Crippen molar-refractivity contribution in [2.24, 2.45) is 0 Å². The molecule has 0 atom stereocenters. The van der Waals surface area contributed by atoms with Crippen molar-refractivity contribution in [2.45, 2.75) is 13.3 Å². The fourth-order valence-corrected chi connectivity index (χ4v) is 1.75. The number of amides is 1. The fourth-order valence-electron chi connectivity index (χ4n) is 1.75. The molecule has 0 aromatic heterocycles. The van der Waals surface area contributed by atoms with Gasteiger partial charge in [0.15, 0.2) is 0 Å². The second-order valence-corrected chi connectivity index (χ2v) is 4.31. The lowest BCUT2D eigenvalue weighted by Gasteiger charge is -2.08. The van der Waals surface area contributed by atoms with Crippen LogP contribution in [0.5, 0.6) is 0 Å². The molecule has 0 aliphatic heterocycles. The molecule has 0 bridgehead atoms. The third kappa shape index (κ3) is 3.61. The number of carbonyl (C=O) groups excluding carboxylic acids is 1. The van der Waals surface area contributed by atoms with E-state index in [0.717, 1.165) is 5.56 Å². The van der Waals surface area contributed by atoms with Crippen LogP contribution in [0.1, 0.15) is 11.1 Å². The molecule has 2 aromatic rings. The van der Waals surface area contributed by atoms with E-state index in [4.69, 9.17) is 0 Å². The van der Waals surface area contributed by atoms with Gasteiger partial charge < -0.3 is 5.32 Å². The summed E-state index contributed by atoms with van der Waals surface area (Å²) in [5.41, 5.74) is 1.96. The van der Waals surface area contributed by atoms with Crippen molar-refractivity contribution in [2.75, 3.05) is 5.32 Å². The maximum absolute atomic E-state index is 12.9. The van der Waals surface area contributed by atoms with Crippen molar-refractivity contribution < 1.29 is 13.6 Å².